The summed E-state index contributed by atoms with van der Waals surface area (Å²) in [6.45, 7) is 1.92. The van der Waals surface area contributed by atoms with Crippen LogP contribution in [0.5, 0.6) is 5.88 Å². The molecule has 1 atom stereocenters. The van der Waals surface area contributed by atoms with E-state index < -0.39 is 0 Å². The molecule has 0 aliphatic heterocycles. The Hall–Kier alpha value is -3.22. The number of nitrogens with one attached hydrogen (secondary N) is 1. The van der Waals surface area contributed by atoms with Crippen molar-refractivity contribution in [1.82, 2.24) is 25.3 Å². The molecule has 0 bridgehead atoms. The predicted molar refractivity (Wildman–Crippen MR) is 88.0 cm³/mol. The van der Waals surface area contributed by atoms with Crippen molar-refractivity contribution < 1.29 is 9.53 Å². The van der Waals surface area contributed by atoms with Gasteiger partial charge in [0, 0.05) is 6.20 Å². The molecule has 0 spiro atoms. The third-order valence-corrected chi connectivity index (χ3v) is 3.64. The Balaban J connectivity index is 1.72. The van der Waals surface area contributed by atoms with E-state index >= 15 is 0 Å². The first-order valence-electron chi connectivity index (χ1n) is 7.45. The van der Waals surface area contributed by atoms with Crippen LogP contribution >= 0.6 is 0 Å². The second-order valence-electron chi connectivity index (χ2n) is 5.19. The largest absolute Gasteiger partial charge is 0.480 e. The highest BCUT2D eigenvalue weighted by molar-refractivity contribution is 5.96. The van der Waals surface area contributed by atoms with Gasteiger partial charge in [-0.15, -0.1) is 5.10 Å². The molecule has 2 aromatic heterocycles. The highest BCUT2D eigenvalue weighted by atomic mass is 16.5. The number of methoxy groups -OCH3 is 1. The van der Waals surface area contributed by atoms with Crippen molar-refractivity contribution in [2.75, 3.05) is 7.11 Å². The molecule has 1 aromatic carbocycles. The number of amides is 1. The number of pyridine rings is 1. The number of ether oxygens (including phenoxy) is 1. The molecule has 24 heavy (non-hydrogen) atoms. The third-order valence-electron chi connectivity index (χ3n) is 3.64. The van der Waals surface area contributed by atoms with Gasteiger partial charge in [-0.05, 0) is 36.8 Å². The molecule has 0 saturated heterocycles. The van der Waals surface area contributed by atoms with Gasteiger partial charge in [0.15, 0.2) is 0 Å². The SMILES string of the molecule is COc1ncccc1C(=O)N[C@@H](C)c1ccc(-n2ccnn2)cc1. The third kappa shape index (κ3) is 3.24. The number of hydrogen-bond acceptors (Lipinski definition) is 5. The number of carbonyl (C=O) groups is 1. The second kappa shape index (κ2) is 6.91. The second-order valence-corrected chi connectivity index (χ2v) is 5.19. The number of hydrogen-bond donors (Lipinski definition) is 1. The van der Waals surface area contributed by atoms with E-state index in [2.05, 4.69) is 20.6 Å². The molecule has 0 saturated carbocycles. The van der Waals surface area contributed by atoms with E-state index in [1.165, 1.54) is 7.11 Å². The number of aromatic nitrogens is 4. The summed E-state index contributed by atoms with van der Waals surface area (Å²) in [5, 5.41) is 10.7. The minimum Gasteiger partial charge on any atom is -0.480 e. The lowest BCUT2D eigenvalue weighted by Crippen LogP contribution is -2.27. The summed E-state index contributed by atoms with van der Waals surface area (Å²) >= 11 is 0. The fraction of sp³-hybridized carbons (Fsp3) is 0.176. The maximum Gasteiger partial charge on any atom is 0.257 e. The zero-order valence-corrected chi connectivity index (χ0v) is 13.4. The quantitative estimate of drug-likeness (QED) is 0.778. The Bertz CT molecular complexity index is 815. The van der Waals surface area contributed by atoms with Gasteiger partial charge in [0.2, 0.25) is 5.88 Å². The molecule has 2 heterocycles. The Labute approximate surface area is 139 Å². The summed E-state index contributed by atoms with van der Waals surface area (Å²) in [6.07, 6.45) is 4.98. The Kier molecular flexibility index (Phi) is 4.51. The molecule has 0 aliphatic rings. The van der Waals surface area contributed by atoms with Crippen molar-refractivity contribution in [2.24, 2.45) is 0 Å². The van der Waals surface area contributed by atoms with E-state index in [4.69, 9.17) is 4.74 Å². The molecule has 0 radical (unpaired) electrons. The Morgan fingerprint density at radius 1 is 1.21 bits per heavy atom. The predicted octanol–water partition coefficient (Wildman–Crippen LogP) is 2.16. The van der Waals surface area contributed by atoms with Gasteiger partial charge in [-0.3, -0.25) is 4.79 Å². The van der Waals surface area contributed by atoms with Crippen molar-refractivity contribution in [3.63, 3.8) is 0 Å². The molecule has 1 amide bonds. The molecule has 0 fully saturated rings. The highest BCUT2D eigenvalue weighted by Crippen LogP contribution is 2.18. The summed E-state index contributed by atoms with van der Waals surface area (Å²) in [5.41, 5.74) is 2.30. The average Bonchev–Trinajstić information content (AvgIpc) is 3.16. The Morgan fingerprint density at radius 2 is 2.00 bits per heavy atom. The van der Waals surface area contributed by atoms with Crippen LogP contribution in [0.1, 0.15) is 28.9 Å². The van der Waals surface area contributed by atoms with E-state index in [9.17, 15) is 4.79 Å². The van der Waals surface area contributed by atoms with Gasteiger partial charge >= 0.3 is 0 Å². The summed E-state index contributed by atoms with van der Waals surface area (Å²) in [7, 11) is 1.49. The van der Waals surface area contributed by atoms with Gasteiger partial charge in [-0.25, -0.2) is 9.67 Å². The van der Waals surface area contributed by atoms with Crippen LogP contribution in [0.3, 0.4) is 0 Å². The fourth-order valence-corrected chi connectivity index (χ4v) is 2.35. The molecule has 7 nitrogen and oxygen atoms in total. The summed E-state index contributed by atoms with van der Waals surface area (Å²) in [4.78, 5) is 16.4. The fourth-order valence-electron chi connectivity index (χ4n) is 2.35. The zero-order chi connectivity index (χ0) is 16.9. The van der Waals surface area contributed by atoms with E-state index in [0.717, 1.165) is 11.3 Å². The number of nitrogens with zero attached hydrogens (tertiary/aromatic N) is 4. The number of carbonyl (C=O) groups excluding carboxylic acids is 1. The van der Waals surface area contributed by atoms with Crippen LogP contribution in [0.15, 0.2) is 55.0 Å². The first-order valence-corrected chi connectivity index (χ1v) is 7.45. The van der Waals surface area contributed by atoms with Crippen molar-refractivity contribution in [2.45, 2.75) is 13.0 Å². The van der Waals surface area contributed by atoms with E-state index in [1.54, 1.807) is 35.4 Å². The van der Waals surface area contributed by atoms with Crippen LogP contribution in [-0.4, -0.2) is 33.0 Å². The van der Waals surface area contributed by atoms with E-state index in [-0.39, 0.29) is 11.9 Å². The molecule has 1 N–H and O–H groups in total. The molecule has 0 aliphatic carbocycles. The van der Waals surface area contributed by atoms with Crippen molar-refractivity contribution in [1.29, 1.82) is 0 Å². The summed E-state index contributed by atoms with van der Waals surface area (Å²) in [5.74, 6) is 0.0801. The molecule has 3 rings (SSSR count). The minimum absolute atomic E-state index is 0.160. The van der Waals surface area contributed by atoms with Crippen LogP contribution < -0.4 is 10.1 Å². The standard InChI is InChI=1S/C17H17N5O2/c1-12(20-16(23)15-4-3-9-18-17(15)24-2)13-5-7-14(8-6-13)22-11-10-19-21-22/h3-12H,1-2H3,(H,20,23)/t12-/m0/s1. The topological polar surface area (TPSA) is 81.9 Å². The molecule has 7 heteroatoms. The van der Waals surface area contributed by atoms with Crippen LogP contribution in [0.2, 0.25) is 0 Å². The van der Waals surface area contributed by atoms with E-state index in [1.807, 2.05) is 31.2 Å². The lowest BCUT2D eigenvalue weighted by molar-refractivity contribution is 0.0936. The summed E-state index contributed by atoms with van der Waals surface area (Å²) < 4.78 is 6.80. The first-order chi connectivity index (χ1) is 11.7. The van der Waals surface area contributed by atoms with Gasteiger partial charge in [0.05, 0.1) is 31.2 Å². The van der Waals surface area contributed by atoms with Gasteiger partial charge in [-0.1, -0.05) is 17.3 Å². The van der Waals surface area contributed by atoms with Crippen LogP contribution in [0.25, 0.3) is 5.69 Å². The van der Waals surface area contributed by atoms with Gasteiger partial charge in [0.1, 0.15) is 5.56 Å². The highest BCUT2D eigenvalue weighted by Gasteiger charge is 2.16. The van der Waals surface area contributed by atoms with Crippen LogP contribution in [0.4, 0.5) is 0 Å². The summed E-state index contributed by atoms with van der Waals surface area (Å²) in [6, 6.07) is 11.0. The zero-order valence-electron chi connectivity index (χ0n) is 13.4. The minimum atomic E-state index is -0.229. The monoisotopic (exact) mass is 323 g/mol. The normalized spacial score (nSPS) is 11.8. The van der Waals surface area contributed by atoms with Crippen LogP contribution in [0, 0.1) is 0 Å². The molecular formula is C17H17N5O2. The first kappa shape index (κ1) is 15.7. The van der Waals surface area contributed by atoms with Crippen molar-refractivity contribution >= 4 is 5.91 Å². The lowest BCUT2D eigenvalue weighted by atomic mass is 10.1. The van der Waals surface area contributed by atoms with Gasteiger partial charge < -0.3 is 10.1 Å². The van der Waals surface area contributed by atoms with E-state index in [0.29, 0.717) is 11.4 Å². The van der Waals surface area contributed by atoms with Gasteiger partial charge in [0.25, 0.3) is 5.91 Å². The molecule has 122 valence electrons. The van der Waals surface area contributed by atoms with Crippen molar-refractivity contribution in [3.05, 3.63) is 66.1 Å². The maximum absolute atomic E-state index is 12.4. The number of rotatable bonds is 5. The van der Waals surface area contributed by atoms with Crippen LogP contribution in [-0.2, 0) is 0 Å². The molecule has 3 aromatic rings. The lowest BCUT2D eigenvalue weighted by Gasteiger charge is -2.15. The molecule has 0 unspecified atom stereocenters. The maximum atomic E-state index is 12.4. The smallest absolute Gasteiger partial charge is 0.257 e. The Morgan fingerprint density at radius 3 is 2.67 bits per heavy atom. The average molecular weight is 323 g/mol. The number of benzene rings is 1. The van der Waals surface area contributed by atoms with Crippen molar-refractivity contribution in [3.8, 4) is 11.6 Å². The van der Waals surface area contributed by atoms with Gasteiger partial charge in [-0.2, -0.15) is 0 Å². The molecular weight excluding hydrogens is 306 g/mol.